The van der Waals surface area contributed by atoms with Crippen LogP contribution in [0.5, 0.6) is 0 Å². The molecule has 2 aromatic rings. The second-order valence-electron chi connectivity index (χ2n) is 6.77. The highest BCUT2D eigenvalue weighted by atomic mass is 35.5. The number of nitrogens with one attached hydrogen (secondary N) is 1. The van der Waals surface area contributed by atoms with E-state index in [0.29, 0.717) is 10.7 Å². The first-order valence-electron chi connectivity index (χ1n) is 9.10. The third kappa shape index (κ3) is 3.67. The van der Waals surface area contributed by atoms with Gasteiger partial charge in [0.25, 0.3) is 5.91 Å². The molecule has 1 N–H and O–H groups in total. The molecule has 1 fully saturated rings. The molecule has 26 heavy (non-hydrogen) atoms. The number of halogens is 1. The van der Waals surface area contributed by atoms with Crippen LogP contribution in [0.3, 0.4) is 0 Å². The number of carbonyl (C=O) groups is 1. The van der Waals surface area contributed by atoms with E-state index >= 15 is 0 Å². The molecule has 1 atom stereocenters. The van der Waals surface area contributed by atoms with Crippen LogP contribution in [0.4, 0.5) is 5.69 Å². The highest BCUT2D eigenvalue weighted by Gasteiger charge is 2.29. The van der Waals surface area contributed by atoms with Crippen molar-refractivity contribution in [2.75, 3.05) is 5.32 Å². The maximum absolute atomic E-state index is 12.7. The van der Waals surface area contributed by atoms with E-state index in [-0.39, 0.29) is 12.0 Å². The van der Waals surface area contributed by atoms with Gasteiger partial charge in [0.2, 0.25) is 6.23 Å². The molecule has 1 unspecified atom stereocenters. The number of benzene rings is 2. The Hall–Kier alpha value is -2.17. The van der Waals surface area contributed by atoms with Gasteiger partial charge in [0.15, 0.2) is 0 Å². The van der Waals surface area contributed by atoms with Crippen LogP contribution in [0.2, 0.25) is 5.02 Å². The van der Waals surface area contributed by atoms with Crippen molar-refractivity contribution >= 4 is 28.9 Å². The van der Waals surface area contributed by atoms with E-state index in [1.807, 2.05) is 42.5 Å². The van der Waals surface area contributed by atoms with Crippen molar-refractivity contribution in [1.82, 2.24) is 0 Å². The average molecular weight is 369 g/mol. The zero-order valence-corrected chi connectivity index (χ0v) is 15.2. The summed E-state index contributed by atoms with van der Waals surface area (Å²) in [6.07, 6.45) is 4.73. The van der Waals surface area contributed by atoms with Crippen molar-refractivity contribution in [3.05, 3.63) is 64.7 Å². The zero-order valence-electron chi connectivity index (χ0n) is 14.5. The summed E-state index contributed by atoms with van der Waals surface area (Å²) in [5, 5.41) is 3.56. The van der Waals surface area contributed by atoms with E-state index in [1.54, 1.807) is 6.07 Å². The Morgan fingerprint density at radius 1 is 1.04 bits per heavy atom. The first kappa shape index (κ1) is 17.3. The van der Waals surface area contributed by atoms with Crippen LogP contribution in [0.15, 0.2) is 53.5 Å². The lowest BCUT2D eigenvalue weighted by Gasteiger charge is -2.24. The number of amides is 1. The van der Waals surface area contributed by atoms with Gasteiger partial charge in [-0.1, -0.05) is 61.2 Å². The second-order valence-corrected chi connectivity index (χ2v) is 7.21. The number of hydrogen-bond acceptors (Lipinski definition) is 3. The molecule has 0 saturated heterocycles. The van der Waals surface area contributed by atoms with E-state index in [4.69, 9.17) is 21.3 Å². The van der Waals surface area contributed by atoms with E-state index in [0.717, 1.165) is 42.5 Å². The van der Waals surface area contributed by atoms with Crippen LogP contribution in [0.1, 0.15) is 43.2 Å². The van der Waals surface area contributed by atoms with Gasteiger partial charge >= 0.3 is 0 Å². The molecule has 1 aliphatic heterocycles. The SMILES string of the molecule is O=C1Nc2ccc(Cl)cc2C(c2ccccc2)=NC1OC1CCCCC1. The molecule has 0 spiro atoms. The zero-order chi connectivity index (χ0) is 17.9. The minimum absolute atomic E-state index is 0.0880. The summed E-state index contributed by atoms with van der Waals surface area (Å²) in [5.74, 6) is -0.231. The van der Waals surface area contributed by atoms with Crippen LogP contribution in [0.25, 0.3) is 0 Å². The fourth-order valence-corrected chi connectivity index (χ4v) is 3.74. The maximum atomic E-state index is 12.7. The van der Waals surface area contributed by atoms with Crippen molar-refractivity contribution in [2.45, 2.75) is 44.4 Å². The van der Waals surface area contributed by atoms with Gasteiger partial charge in [0, 0.05) is 16.1 Å². The van der Waals surface area contributed by atoms with Crippen molar-refractivity contribution in [3.63, 3.8) is 0 Å². The van der Waals surface area contributed by atoms with Gasteiger partial charge in [-0.3, -0.25) is 4.79 Å². The van der Waals surface area contributed by atoms with E-state index in [1.165, 1.54) is 6.42 Å². The number of benzodiazepines with no additional fused rings is 1. The van der Waals surface area contributed by atoms with Crippen molar-refractivity contribution < 1.29 is 9.53 Å². The minimum atomic E-state index is -0.848. The molecular formula is C21H21ClN2O2. The van der Waals surface area contributed by atoms with Gasteiger partial charge in [-0.15, -0.1) is 0 Å². The molecule has 0 bridgehead atoms. The van der Waals surface area contributed by atoms with Crippen LogP contribution in [-0.2, 0) is 9.53 Å². The number of anilines is 1. The monoisotopic (exact) mass is 368 g/mol. The molecule has 1 saturated carbocycles. The highest BCUT2D eigenvalue weighted by molar-refractivity contribution is 6.32. The lowest BCUT2D eigenvalue weighted by atomic mass is 9.98. The Labute approximate surface area is 158 Å². The number of nitrogens with zero attached hydrogens (tertiary/aromatic N) is 1. The number of ether oxygens (including phenoxy) is 1. The van der Waals surface area contributed by atoms with Crippen LogP contribution >= 0.6 is 11.6 Å². The Balaban J connectivity index is 1.75. The quantitative estimate of drug-likeness (QED) is 0.845. The Morgan fingerprint density at radius 2 is 1.81 bits per heavy atom. The van der Waals surface area contributed by atoms with Gasteiger partial charge in [-0.05, 0) is 31.0 Å². The molecule has 2 aliphatic rings. The van der Waals surface area contributed by atoms with Crippen LogP contribution < -0.4 is 5.32 Å². The van der Waals surface area contributed by atoms with Gasteiger partial charge in [0.1, 0.15) is 0 Å². The highest BCUT2D eigenvalue weighted by Crippen LogP contribution is 2.29. The summed E-state index contributed by atoms with van der Waals surface area (Å²) in [6, 6.07) is 15.3. The normalized spacial score (nSPS) is 20.7. The summed E-state index contributed by atoms with van der Waals surface area (Å²) in [7, 11) is 0. The molecule has 4 rings (SSSR count). The van der Waals surface area contributed by atoms with Gasteiger partial charge < -0.3 is 10.1 Å². The lowest BCUT2D eigenvalue weighted by molar-refractivity contribution is -0.131. The molecule has 1 amide bonds. The van der Waals surface area contributed by atoms with Crippen molar-refractivity contribution in [2.24, 2.45) is 4.99 Å². The standard InChI is InChI=1S/C21H21ClN2O2/c22-15-11-12-18-17(13-15)19(14-7-3-1-4-8-14)24-21(20(25)23-18)26-16-9-5-2-6-10-16/h1,3-4,7-8,11-13,16,21H,2,5-6,9-10H2,(H,23,25). The summed E-state index contributed by atoms with van der Waals surface area (Å²) in [5.41, 5.74) is 3.18. The van der Waals surface area contributed by atoms with Gasteiger partial charge in [0.05, 0.1) is 17.5 Å². The number of fused-ring (bicyclic) bond motifs is 1. The smallest absolute Gasteiger partial charge is 0.276 e. The third-order valence-electron chi connectivity index (χ3n) is 4.89. The number of aliphatic imine (C=N–C) groups is 1. The largest absolute Gasteiger partial charge is 0.345 e. The molecule has 2 aromatic carbocycles. The van der Waals surface area contributed by atoms with E-state index in [2.05, 4.69) is 5.32 Å². The summed E-state index contributed by atoms with van der Waals surface area (Å²) in [4.78, 5) is 17.5. The molecule has 0 radical (unpaired) electrons. The molecule has 5 heteroatoms. The minimum Gasteiger partial charge on any atom is -0.345 e. The molecule has 0 aromatic heterocycles. The topological polar surface area (TPSA) is 50.7 Å². The fraction of sp³-hybridized carbons (Fsp3) is 0.333. The predicted octanol–water partition coefficient (Wildman–Crippen LogP) is 4.80. The summed E-state index contributed by atoms with van der Waals surface area (Å²) < 4.78 is 6.11. The Kier molecular flexibility index (Phi) is 5.05. The first-order chi connectivity index (χ1) is 12.7. The van der Waals surface area contributed by atoms with Crippen LogP contribution in [0, 0.1) is 0 Å². The maximum Gasteiger partial charge on any atom is 0.276 e. The fourth-order valence-electron chi connectivity index (χ4n) is 3.56. The van der Waals surface area contributed by atoms with Gasteiger partial charge in [-0.2, -0.15) is 0 Å². The second kappa shape index (κ2) is 7.60. The Bertz CT molecular complexity index is 829. The molecule has 1 aliphatic carbocycles. The van der Waals surface area contributed by atoms with Gasteiger partial charge in [-0.25, -0.2) is 4.99 Å². The predicted molar refractivity (Wildman–Crippen MR) is 104 cm³/mol. The first-order valence-corrected chi connectivity index (χ1v) is 9.48. The summed E-state index contributed by atoms with van der Waals surface area (Å²) in [6.45, 7) is 0. The molecule has 1 heterocycles. The van der Waals surface area contributed by atoms with Crippen molar-refractivity contribution in [3.8, 4) is 0 Å². The molecular weight excluding hydrogens is 348 g/mol. The molecule has 134 valence electrons. The Morgan fingerprint density at radius 3 is 2.58 bits per heavy atom. The van der Waals surface area contributed by atoms with Crippen LogP contribution in [-0.4, -0.2) is 24.0 Å². The summed E-state index contributed by atoms with van der Waals surface area (Å²) >= 11 is 6.21. The number of hydrogen-bond donors (Lipinski definition) is 1. The van der Waals surface area contributed by atoms with Crippen molar-refractivity contribution in [1.29, 1.82) is 0 Å². The third-order valence-corrected chi connectivity index (χ3v) is 5.12. The number of rotatable bonds is 3. The molecule has 4 nitrogen and oxygen atoms in total. The van der Waals surface area contributed by atoms with E-state index in [9.17, 15) is 4.79 Å². The lowest BCUT2D eigenvalue weighted by Crippen LogP contribution is -2.33. The number of carbonyl (C=O) groups excluding carboxylic acids is 1. The van der Waals surface area contributed by atoms with E-state index < -0.39 is 6.23 Å². The average Bonchev–Trinajstić information content (AvgIpc) is 2.80.